The van der Waals surface area contributed by atoms with E-state index in [9.17, 15) is 0 Å². The van der Waals surface area contributed by atoms with Crippen molar-refractivity contribution < 1.29 is 0 Å². The maximum Gasteiger partial charge on any atom is 0.223 e. The summed E-state index contributed by atoms with van der Waals surface area (Å²) in [7, 11) is 0. The fourth-order valence-electron chi connectivity index (χ4n) is 1.89. The van der Waals surface area contributed by atoms with Gasteiger partial charge < -0.3 is 16.4 Å². The topological polar surface area (TPSA) is 75.9 Å². The van der Waals surface area contributed by atoms with Gasteiger partial charge in [0, 0.05) is 18.3 Å². The molecule has 1 heterocycles. The Bertz CT molecular complexity index is 580. The standard InChI is InChI=1S/C14H19N5/c1-4-16-12-8-13(19-14(15)18-12)17-11-6-5-9(2)7-10(11)3/h5-8H,4H2,1-3H3,(H4,15,16,17,18,19). The molecular formula is C14H19N5. The summed E-state index contributed by atoms with van der Waals surface area (Å²) < 4.78 is 0. The molecule has 5 heteroatoms. The van der Waals surface area contributed by atoms with Crippen molar-refractivity contribution in [2.45, 2.75) is 20.8 Å². The van der Waals surface area contributed by atoms with Crippen LogP contribution >= 0.6 is 0 Å². The Morgan fingerprint density at radius 1 is 1.11 bits per heavy atom. The van der Waals surface area contributed by atoms with E-state index in [-0.39, 0.29) is 5.95 Å². The third-order valence-corrected chi connectivity index (χ3v) is 2.75. The molecule has 0 bridgehead atoms. The van der Waals surface area contributed by atoms with Gasteiger partial charge in [0.05, 0.1) is 0 Å². The lowest BCUT2D eigenvalue weighted by Crippen LogP contribution is -2.06. The quantitative estimate of drug-likeness (QED) is 0.785. The van der Waals surface area contributed by atoms with Gasteiger partial charge in [-0.25, -0.2) is 0 Å². The average molecular weight is 257 g/mol. The van der Waals surface area contributed by atoms with Gasteiger partial charge in [-0.05, 0) is 32.4 Å². The van der Waals surface area contributed by atoms with Crippen molar-refractivity contribution >= 4 is 23.3 Å². The first-order chi connectivity index (χ1) is 9.08. The highest BCUT2D eigenvalue weighted by Gasteiger charge is 2.04. The van der Waals surface area contributed by atoms with Gasteiger partial charge in [0.1, 0.15) is 11.6 Å². The molecule has 0 aliphatic carbocycles. The summed E-state index contributed by atoms with van der Waals surface area (Å²) in [5, 5.41) is 6.40. The Kier molecular flexibility index (Phi) is 3.85. The van der Waals surface area contributed by atoms with Crippen LogP contribution in [0.5, 0.6) is 0 Å². The van der Waals surface area contributed by atoms with Crippen molar-refractivity contribution in [3.8, 4) is 0 Å². The molecule has 4 N–H and O–H groups in total. The van der Waals surface area contributed by atoms with Crippen LogP contribution in [0.15, 0.2) is 24.3 Å². The van der Waals surface area contributed by atoms with Crippen LogP contribution in [-0.2, 0) is 0 Å². The fourth-order valence-corrected chi connectivity index (χ4v) is 1.89. The number of aromatic nitrogens is 2. The summed E-state index contributed by atoms with van der Waals surface area (Å²) in [5.41, 5.74) is 9.13. The second kappa shape index (κ2) is 5.56. The minimum atomic E-state index is 0.255. The number of benzene rings is 1. The number of nitrogens with zero attached hydrogens (tertiary/aromatic N) is 2. The third-order valence-electron chi connectivity index (χ3n) is 2.75. The number of anilines is 4. The van der Waals surface area contributed by atoms with Crippen LogP contribution in [0.4, 0.5) is 23.3 Å². The Balaban J connectivity index is 2.27. The molecule has 0 unspecified atom stereocenters. The molecule has 0 radical (unpaired) electrons. The van der Waals surface area contributed by atoms with Crippen molar-refractivity contribution in [2.24, 2.45) is 0 Å². The van der Waals surface area contributed by atoms with Crippen molar-refractivity contribution in [3.05, 3.63) is 35.4 Å². The largest absolute Gasteiger partial charge is 0.370 e. The first kappa shape index (κ1) is 13.1. The maximum atomic E-state index is 5.70. The smallest absolute Gasteiger partial charge is 0.223 e. The molecule has 0 amide bonds. The van der Waals surface area contributed by atoms with Crippen molar-refractivity contribution in [1.82, 2.24) is 9.97 Å². The van der Waals surface area contributed by atoms with Crippen molar-refractivity contribution in [1.29, 1.82) is 0 Å². The van der Waals surface area contributed by atoms with E-state index in [1.54, 1.807) is 0 Å². The highest BCUT2D eigenvalue weighted by Crippen LogP contribution is 2.22. The molecule has 0 aliphatic heterocycles. The lowest BCUT2D eigenvalue weighted by Gasteiger charge is -2.11. The Morgan fingerprint density at radius 3 is 2.53 bits per heavy atom. The summed E-state index contributed by atoms with van der Waals surface area (Å²) in [5.74, 6) is 1.67. The predicted molar refractivity (Wildman–Crippen MR) is 79.8 cm³/mol. The van der Waals surface area contributed by atoms with Gasteiger partial charge in [0.2, 0.25) is 5.95 Å². The first-order valence-corrected chi connectivity index (χ1v) is 6.31. The zero-order valence-corrected chi connectivity index (χ0v) is 11.5. The minimum Gasteiger partial charge on any atom is -0.370 e. The van der Waals surface area contributed by atoms with E-state index in [0.29, 0.717) is 5.82 Å². The molecule has 2 aromatic rings. The molecule has 0 atom stereocenters. The van der Waals surface area contributed by atoms with E-state index >= 15 is 0 Å². The third kappa shape index (κ3) is 3.34. The van der Waals surface area contributed by atoms with Crippen molar-refractivity contribution in [3.63, 3.8) is 0 Å². The molecular weight excluding hydrogens is 238 g/mol. The number of nitrogen functional groups attached to an aromatic ring is 1. The molecule has 1 aromatic carbocycles. The fraction of sp³-hybridized carbons (Fsp3) is 0.286. The van der Waals surface area contributed by atoms with Crippen LogP contribution in [0, 0.1) is 13.8 Å². The number of aryl methyl sites for hydroxylation is 2. The molecule has 0 saturated heterocycles. The first-order valence-electron chi connectivity index (χ1n) is 6.31. The van der Waals surface area contributed by atoms with E-state index in [0.717, 1.165) is 18.1 Å². The van der Waals surface area contributed by atoms with Gasteiger partial charge in [0.25, 0.3) is 0 Å². The number of hydrogen-bond donors (Lipinski definition) is 3. The van der Waals surface area contributed by atoms with Crippen LogP contribution in [-0.4, -0.2) is 16.5 Å². The maximum absolute atomic E-state index is 5.70. The summed E-state index contributed by atoms with van der Waals surface area (Å²) in [6, 6.07) is 8.07. The minimum absolute atomic E-state index is 0.255. The van der Waals surface area contributed by atoms with Gasteiger partial charge in [-0.3, -0.25) is 0 Å². The highest BCUT2D eigenvalue weighted by atomic mass is 15.1. The normalized spacial score (nSPS) is 10.3. The molecule has 100 valence electrons. The van der Waals surface area contributed by atoms with Gasteiger partial charge in [-0.1, -0.05) is 17.7 Å². The molecule has 0 saturated carbocycles. The van der Waals surface area contributed by atoms with Gasteiger partial charge in [0.15, 0.2) is 0 Å². The van der Waals surface area contributed by atoms with Crippen LogP contribution in [0.1, 0.15) is 18.1 Å². The Labute approximate surface area is 113 Å². The van der Waals surface area contributed by atoms with E-state index in [1.165, 1.54) is 11.1 Å². The SMILES string of the molecule is CCNc1cc(Nc2ccc(C)cc2C)nc(N)n1. The number of nitrogens with two attached hydrogens (primary N) is 1. The Morgan fingerprint density at radius 2 is 1.84 bits per heavy atom. The molecule has 2 rings (SSSR count). The number of rotatable bonds is 4. The zero-order valence-electron chi connectivity index (χ0n) is 11.5. The highest BCUT2D eigenvalue weighted by molar-refractivity contribution is 5.63. The van der Waals surface area contributed by atoms with Crippen LogP contribution in [0.25, 0.3) is 0 Å². The molecule has 1 aromatic heterocycles. The average Bonchev–Trinajstić information content (AvgIpc) is 2.32. The lowest BCUT2D eigenvalue weighted by molar-refractivity contribution is 1.12. The molecule has 0 aliphatic rings. The molecule has 0 fully saturated rings. The van der Waals surface area contributed by atoms with Gasteiger partial charge >= 0.3 is 0 Å². The van der Waals surface area contributed by atoms with E-state index in [2.05, 4.69) is 46.6 Å². The number of nitrogens with one attached hydrogen (secondary N) is 2. The van der Waals surface area contributed by atoms with E-state index < -0.39 is 0 Å². The van der Waals surface area contributed by atoms with Crippen LogP contribution in [0.3, 0.4) is 0 Å². The van der Waals surface area contributed by atoms with Gasteiger partial charge in [-0.2, -0.15) is 9.97 Å². The second-order valence-electron chi connectivity index (χ2n) is 4.47. The summed E-state index contributed by atoms with van der Waals surface area (Å²) in [6.45, 7) is 6.93. The van der Waals surface area contributed by atoms with Crippen molar-refractivity contribution in [2.75, 3.05) is 22.9 Å². The second-order valence-corrected chi connectivity index (χ2v) is 4.47. The Hall–Kier alpha value is -2.30. The summed E-state index contributed by atoms with van der Waals surface area (Å²) in [6.07, 6.45) is 0. The monoisotopic (exact) mass is 257 g/mol. The van der Waals surface area contributed by atoms with Crippen LogP contribution in [0.2, 0.25) is 0 Å². The van der Waals surface area contributed by atoms with Gasteiger partial charge in [-0.15, -0.1) is 0 Å². The molecule has 5 nitrogen and oxygen atoms in total. The molecule has 0 spiro atoms. The van der Waals surface area contributed by atoms with E-state index in [1.807, 2.05) is 19.1 Å². The number of hydrogen-bond acceptors (Lipinski definition) is 5. The lowest BCUT2D eigenvalue weighted by atomic mass is 10.1. The van der Waals surface area contributed by atoms with Crippen LogP contribution < -0.4 is 16.4 Å². The predicted octanol–water partition coefficient (Wildman–Crippen LogP) is 2.85. The summed E-state index contributed by atoms with van der Waals surface area (Å²) in [4.78, 5) is 8.31. The summed E-state index contributed by atoms with van der Waals surface area (Å²) >= 11 is 0. The molecule has 19 heavy (non-hydrogen) atoms. The van der Waals surface area contributed by atoms with E-state index in [4.69, 9.17) is 5.73 Å². The zero-order chi connectivity index (χ0) is 13.8.